The second-order valence-electron chi connectivity index (χ2n) is 6.73. The van der Waals surface area contributed by atoms with Gasteiger partial charge in [0.05, 0.1) is 0 Å². The number of carboxylic acid groups (broad SMARTS) is 1. The molecular formula is C22H29N3O3. The van der Waals surface area contributed by atoms with Gasteiger partial charge in [0.25, 0.3) is 5.91 Å². The third kappa shape index (κ3) is 4.89. The normalized spacial score (nSPS) is 12.8. The molecule has 0 radical (unpaired) electrons. The topological polar surface area (TPSA) is 72.9 Å². The predicted octanol–water partition coefficient (Wildman–Crippen LogP) is 3.19. The molecule has 2 aromatic rings. The van der Waals surface area contributed by atoms with Crippen LogP contribution in [0.4, 0.5) is 4.79 Å². The summed E-state index contributed by atoms with van der Waals surface area (Å²) < 4.78 is 0. The van der Waals surface area contributed by atoms with Crippen molar-refractivity contribution in [3.05, 3.63) is 71.8 Å². The van der Waals surface area contributed by atoms with Crippen LogP contribution < -0.4 is 5.32 Å². The molecule has 0 aromatic heterocycles. The van der Waals surface area contributed by atoms with Gasteiger partial charge >= 0.3 is 6.09 Å². The summed E-state index contributed by atoms with van der Waals surface area (Å²) >= 11 is 0. The molecule has 1 atom stereocenters. The molecule has 0 saturated heterocycles. The van der Waals surface area contributed by atoms with Gasteiger partial charge in [0.15, 0.2) is 5.66 Å². The van der Waals surface area contributed by atoms with E-state index in [1.807, 2.05) is 67.6 Å². The molecule has 0 saturated carbocycles. The van der Waals surface area contributed by atoms with Crippen LogP contribution in [0.2, 0.25) is 0 Å². The Morgan fingerprint density at radius 2 is 1.50 bits per heavy atom. The molecule has 0 bridgehead atoms. The second-order valence-corrected chi connectivity index (χ2v) is 6.73. The first-order valence-electron chi connectivity index (χ1n) is 9.53. The van der Waals surface area contributed by atoms with Crippen molar-refractivity contribution in [1.29, 1.82) is 0 Å². The van der Waals surface area contributed by atoms with Crippen LogP contribution in [0.1, 0.15) is 25.0 Å². The number of nitrogens with one attached hydrogen (secondary N) is 1. The maximum atomic E-state index is 13.6. The number of amides is 2. The number of carbonyl (C=O) groups is 2. The van der Waals surface area contributed by atoms with E-state index in [0.717, 1.165) is 11.1 Å². The summed E-state index contributed by atoms with van der Waals surface area (Å²) in [5.41, 5.74) is 0.506. The molecule has 0 spiro atoms. The fourth-order valence-electron chi connectivity index (χ4n) is 3.52. The summed E-state index contributed by atoms with van der Waals surface area (Å²) in [7, 11) is 1.71. The van der Waals surface area contributed by atoms with Crippen LogP contribution in [-0.4, -0.2) is 52.7 Å². The van der Waals surface area contributed by atoms with Gasteiger partial charge in [-0.15, -0.1) is 0 Å². The van der Waals surface area contributed by atoms with E-state index >= 15 is 0 Å². The molecule has 2 rings (SSSR count). The number of hydrogen-bond acceptors (Lipinski definition) is 3. The first-order valence-corrected chi connectivity index (χ1v) is 9.53. The van der Waals surface area contributed by atoms with Gasteiger partial charge in [-0.2, -0.15) is 0 Å². The van der Waals surface area contributed by atoms with Crippen LogP contribution in [0.25, 0.3) is 0 Å². The lowest BCUT2D eigenvalue weighted by molar-refractivity contribution is -0.145. The summed E-state index contributed by atoms with van der Waals surface area (Å²) in [5.74, 6) is -0.272. The van der Waals surface area contributed by atoms with E-state index in [1.54, 1.807) is 18.9 Å². The summed E-state index contributed by atoms with van der Waals surface area (Å²) in [6, 6.07) is 19.2. The Morgan fingerprint density at radius 1 is 0.964 bits per heavy atom. The Kier molecular flexibility index (Phi) is 7.58. The Balaban J connectivity index is 2.44. The van der Waals surface area contributed by atoms with Crippen molar-refractivity contribution in [2.24, 2.45) is 0 Å². The van der Waals surface area contributed by atoms with Gasteiger partial charge in [-0.1, -0.05) is 67.6 Å². The van der Waals surface area contributed by atoms with Gasteiger partial charge in [0.1, 0.15) is 0 Å². The average Bonchev–Trinajstić information content (AvgIpc) is 2.69. The standard InChI is InChI=1S/C22H29N3O3/c1-4-23-22(25(5-2)21(27)28,16-18-12-8-6-9-13-18)20(26)24(3)17-19-14-10-7-11-15-19/h6-15,23H,4-5,16-17H2,1-3H3,(H,27,28). The maximum Gasteiger partial charge on any atom is 0.409 e. The zero-order chi connectivity index (χ0) is 20.6. The summed E-state index contributed by atoms with van der Waals surface area (Å²) in [6.45, 7) is 4.68. The van der Waals surface area contributed by atoms with Crippen LogP contribution in [-0.2, 0) is 17.8 Å². The van der Waals surface area contributed by atoms with Crippen molar-refractivity contribution in [2.45, 2.75) is 32.5 Å². The zero-order valence-corrected chi connectivity index (χ0v) is 16.8. The zero-order valence-electron chi connectivity index (χ0n) is 16.8. The molecule has 28 heavy (non-hydrogen) atoms. The highest BCUT2D eigenvalue weighted by atomic mass is 16.4. The maximum absolute atomic E-state index is 13.6. The van der Waals surface area contributed by atoms with E-state index in [-0.39, 0.29) is 18.9 Å². The molecule has 2 N–H and O–H groups in total. The predicted molar refractivity (Wildman–Crippen MR) is 110 cm³/mol. The molecule has 0 aliphatic rings. The van der Waals surface area contributed by atoms with Gasteiger partial charge in [-0.25, -0.2) is 4.79 Å². The Labute approximate surface area is 166 Å². The second kappa shape index (κ2) is 9.90. The molecule has 0 aliphatic carbocycles. The number of carbonyl (C=O) groups excluding carboxylic acids is 1. The van der Waals surface area contributed by atoms with E-state index < -0.39 is 11.8 Å². The van der Waals surface area contributed by atoms with Crippen LogP contribution >= 0.6 is 0 Å². The molecule has 150 valence electrons. The van der Waals surface area contributed by atoms with Crippen molar-refractivity contribution < 1.29 is 14.7 Å². The fraction of sp³-hybridized carbons (Fsp3) is 0.364. The lowest BCUT2D eigenvalue weighted by atomic mass is 9.95. The van der Waals surface area contributed by atoms with Crippen LogP contribution in [0.5, 0.6) is 0 Å². The van der Waals surface area contributed by atoms with Crippen LogP contribution in [0.3, 0.4) is 0 Å². The SMILES string of the molecule is CCNC(Cc1ccccc1)(C(=O)N(C)Cc1ccccc1)N(CC)C(=O)O. The highest BCUT2D eigenvalue weighted by Crippen LogP contribution is 2.23. The van der Waals surface area contributed by atoms with Gasteiger partial charge in [-0.05, 0) is 24.6 Å². The van der Waals surface area contributed by atoms with Crippen molar-refractivity contribution in [3.63, 3.8) is 0 Å². The average molecular weight is 383 g/mol. The summed E-state index contributed by atoms with van der Waals surface area (Å²) in [5, 5.41) is 13.0. The van der Waals surface area contributed by atoms with Crippen molar-refractivity contribution in [3.8, 4) is 0 Å². The van der Waals surface area contributed by atoms with Crippen LogP contribution in [0.15, 0.2) is 60.7 Å². The lowest BCUT2D eigenvalue weighted by Crippen LogP contribution is -2.69. The minimum Gasteiger partial charge on any atom is -0.465 e. The molecule has 6 heteroatoms. The monoisotopic (exact) mass is 383 g/mol. The van der Waals surface area contributed by atoms with E-state index in [4.69, 9.17) is 0 Å². The Morgan fingerprint density at radius 3 is 1.96 bits per heavy atom. The summed E-state index contributed by atoms with van der Waals surface area (Å²) in [4.78, 5) is 28.5. The number of rotatable bonds is 9. The van der Waals surface area contributed by atoms with Gasteiger partial charge < -0.3 is 10.0 Å². The van der Waals surface area contributed by atoms with Crippen molar-refractivity contribution in [2.75, 3.05) is 20.1 Å². The lowest BCUT2D eigenvalue weighted by Gasteiger charge is -2.43. The summed E-state index contributed by atoms with van der Waals surface area (Å²) in [6.07, 6.45) is -0.874. The Bertz CT molecular complexity index is 767. The highest BCUT2D eigenvalue weighted by molar-refractivity contribution is 5.89. The third-order valence-electron chi connectivity index (χ3n) is 4.74. The molecule has 1 unspecified atom stereocenters. The molecular weight excluding hydrogens is 354 g/mol. The van der Waals surface area contributed by atoms with E-state index in [9.17, 15) is 14.7 Å². The van der Waals surface area contributed by atoms with E-state index in [0.29, 0.717) is 13.1 Å². The molecule has 2 amide bonds. The Hall–Kier alpha value is -2.86. The number of nitrogens with zero attached hydrogens (tertiary/aromatic N) is 2. The quantitative estimate of drug-likeness (QED) is 0.652. The molecule has 0 heterocycles. The third-order valence-corrected chi connectivity index (χ3v) is 4.74. The molecule has 0 fully saturated rings. The number of hydrogen-bond donors (Lipinski definition) is 2. The van der Waals surface area contributed by atoms with Gasteiger partial charge in [0.2, 0.25) is 0 Å². The van der Waals surface area contributed by atoms with Crippen LogP contribution in [0, 0.1) is 0 Å². The molecule has 6 nitrogen and oxygen atoms in total. The van der Waals surface area contributed by atoms with Gasteiger partial charge in [0, 0.05) is 26.6 Å². The molecule has 2 aromatic carbocycles. The minimum atomic E-state index is -1.37. The number of likely N-dealkylation sites (N-methyl/N-ethyl adjacent to an activating group) is 3. The number of benzene rings is 2. The van der Waals surface area contributed by atoms with E-state index in [2.05, 4.69) is 5.32 Å². The smallest absolute Gasteiger partial charge is 0.409 e. The molecule has 0 aliphatic heterocycles. The first-order chi connectivity index (χ1) is 13.4. The van der Waals surface area contributed by atoms with Crippen molar-refractivity contribution in [1.82, 2.24) is 15.1 Å². The minimum absolute atomic E-state index is 0.195. The largest absolute Gasteiger partial charge is 0.465 e. The first kappa shape index (κ1) is 21.4. The highest BCUT2D eigenvalue weighted by Gasteiger charge is 2.47. The fourth-order valence-corrected chi connectivity index (χ4v) is 3.52. The van der Waals surface area contributed by atoms with Crippen molar-refractivity contribution >= 4 is 12.0 Å². The van der Waals surface area contributed by atoms with E-state index in [1.165, 1.54) is 4.90 Å². The van der Waals surface area contributed by atoms with Gasteiger partial charge in [-0.3, -0.25) is 15.0 Å².